The molecule has 5 aromatic rings. The van der Waals surface area contributed by atoms with Crippen molar-refractivity contribution in [3.63, 3.8) is 0 Å². The van der Waals surface area contributed by atoms with E-state index in [1.807, 2.05) is 72.9 Å². The lowest BCUT2D eigenvalue weighted by Gasteiger charge is -2.21. The predicted molar refractivity (Wildman–Crippen MR) is 136 cm³/mol. The maximum Gasteiger partial charge on any atom is 0.258 e. The van der Waals surface area contributed by atoms with Gasteiger partial charge in [0.1, 0.15) is 5.82 Å². The minimum Gasteiger partial charge on any atom is -0.327 e. The van der Waals surface area contributed by atoms with E-state index < -0.39 is 0 Å². The summed E-state index contributed by atoms with van der Waals surface area (Å²) in [6.45, 7) is 0.547. The van der Waals surface area contributed by atoms with Crippen molar-refractivity contribution in [3.8, 4) is 5.69 Å². The molecule has 2 aromatic heterocycles. The predicted octanol–water partition coefficient (Wildman–Crippen LogP) is 4.35. The average molecular weight is 462 g/mol. The first kappa shape index (κ1) is 22.0. The minimum atomic E-state index is -0.221. The molecule has 0 aliphatic carbocycles. The van der Waals surface area contributed by atoms with Crippen LogP contribution in [0.25, 0.3) is 22.7 Å². The Morgan fingerprint density at radius 3 is 2.43 bits per heavy atom. The lowest BCUT2D eigenvalue weighted by atomic mass is 10.2. The van der Waals surface area contributed by atoms with E-state index in [2.05, 4.69) is 15.1 Å². The molecule has 0 saturated heterocycles. The number of carbonyl (C=O) groups excluding carboxylic acids is 1. The van der Waals surface area contributed by atoms with Crippen LogP contribution in [0, 0.1) is 0 Å². The summed E-state index contributed by atoms with van der Waals surface area (Å²) in [4.78, 5) is 34.8. The summed E-state index contributed by atoms with van der Waals surface area (Å²) in [5.74, 6) is 0.236. The quantitative estimate of drug-likeness (QED) is 0.365. The van der Waals surface area contributed by atoms with Gasteiger partial charge in [-0.15, -0.1) is 0 Å². The molecule has 35 heavy (non-hydrogen) atoms. The van der Waals surface area contributed by atoms with Crippen LogP contribution in [0.15, 0.2) is 108 Å². The number of nitrogens with zero attached hydrogens (tertiary/aromatic N) is 4. The van der Waals surface area contributed by atoms with E-state index in [0.29, 0.717) is 23.3 Å². The SMILES string of the molecule is O=C(/C=C/c1cnn(-c2ccccc2)c1)N(Cc1ccccc1)Cc1nc2ccccc2c(=O)[nH]1. The number of aromatic nitrogens is 4. The standard InChI is InChI=1S/C28H23N5O2/c34-27(16-15-22-17-29-33(19-22)23-11-5-2-6-12-23)32(18-21-9-3-1-4-10-21)20-26-30-25-14-8-7-13-24(25)28(35)31-26/h1-17,19H,18,20H2,(H,30,31,35)/b16-15+. The number of para-hydroxylation sites is 2. The van der Waals surface area contributed by atoms with Crippen molar-refractivity contribution in [2.45, 2.75) is 13.1 Å². The smallest absolute Gasteiger partial charge is 0.258 e. The van der Waals surface area contributed by atoms with Gasteiger partial charge < -0.3 is 9.88 Å². The number of fused-ring (bicyclic) bond motifs is 1. The second-order valence-corrected chi connectivity index (χ2v) is 8.10. The highest BCUT2D eigenvalue weighted by Gasteiger charge is 2.15. The van der Waals surface area contributed by atoms with E-state index in [1.165, 1.54) is 6.08 Å². The van der Waals surface area contributed by atoms with E-state index in [1.54, 1.807) is 40.1 Å². The van der Waals surface area contributed by atoms with E-state index in [4.69, 9.17) is 0 Å². The van der Waals surface area contributed by atoms with Crippen molar-refractivity contribution in [1.82, 2.24) is 24.6 Å². The summed E-state index contributed by atoms with van der Waals surface area (Å²) >= 11 is 0. The minimum absolute atomic E-state index is 0.168. The molecule has 0 aliphatic heterocycles. The summed E-state index contributed by atoms with van der Waals surface area (Å²) in [7, 11) is 0. The van der Waals surface area contributed by atoms with Crippen molar-refractivity contribution in [2.24, 2.45) is 0 Å². The Labute approximate surface area is 202 Å². The van der Waals surface area contributed by atoms with Crippen molar-refractivity contribution in [1.29, 1.82) is 0 Å². The van der Waals surface area contributed by atoms with E-state index in [9.17, 15) is 9.59 Å². The van der Waals surface area contributed by atoms with Crippen LogP contribution in [0.3, 0.4) is 0 Å². The monoisotopic (exact) mass is 461 g/mol. The third-order valence-corrected chi connectivity index (χ3v) is 5.57. The van der Waals surface area contributed by atoms with Gasteiger partial charge >= 0.3 is 0 Å². The molecule has 0 fully saturated rings. The van der Waals surface area contributed by atoms with Gasteiger partial charge in [0, 0.05) is 24.4 Å². The lowest BCUT2D eigenvalue weighted by Crippen LogP contribution is -2.30. The topological polar surface area (TPSA) is 83.9 Å². The molecule has 0 unspecified atom stereocenters. The number of hydrogen-bond donors (Lipinski definition) is 1. The van der Waals surface area contributed by atoms with Crippen molar-refractivity contribution < 1.29 is 4.79 Å². The number of nitrogens with one attached hydrogen (secondary N) is 1. The number of H-pyrrole nitrogens is 1. The van der Waals surface area contributed by atoms with Crippen LogP contribution in [0.2, 0.25) is 0 Å². The van der Waals surface area contributed by atoms with E-state index >= 15 is 0 Å². The molecule has 0 bridgehead atoms. The zero-order valence-electron chi connectivity index (χ0n) is 18.9. The van der Waals surface area contributed by atoms with Crippen molar-refractivity contribution >= 4 is 22.9 Å². The molecule has 1 amide bonds. The second-order valence-electron chi connectivity index (χ2n) is 8.10. The molecule has 0 aliphatic rings. The Morgan fingerprint density at radius 1 is 0.914 bits per heavy atom. The summed E-state index contributed by atoms with van der Waals surface area (Å²) in [6.07, 6.45) is 6.83. The molecule has 0 spiro atoms. The van der Waals surface area contributed by atoms with Crippen LogP contribution < -0.4 is 5.56 Å². The highest BCUT2D eigenvalue weighted by atomic mass is 16.2. The van der Waals surface area contributed by atoms with Gasteiger partial charge in [-0.2, -0.15) is 5.10 Å². The molecule has 0 atom stereocenters. The molecule has 2 heterocycles. The number of amides is 1. The van der Waals surface area contributed by atoms with Crippen LogP contribution in [0.1, 0.15) is 17.0 Å². The maximum absolute atomic E-state index is 13.2. The highest BCUT2D eigenvalue weighted by molar-refractivity contribution is 5.91. The number of hydrogen-bond acceptors (Lipinski definition) is 4. The fourth-order valence-electron chi connectivity index (χ4n) is 3.82. The largest absolute Gasteiger partial charge is 0.327 e. The Hall–Kier alpha value is -4.78. The summed E-state index contributed by atoms with van der Waals surface area (Å²) in [5.41, 5.74) is 3.10. The van der Waals surface area contributed by atoms with Gasteiger partial charge in [0.2, 0.25) is 5.91 Å². The van der Waals surface area contributed by atoms with Gasteiger partial charge in [-0.3, -0.25) is 9.59 Å². The lowest BCUT2D eigenvalue weighted by molar-refractivity contribution is -0.127. The first-order valence-electron chi connectivity index (χ1n) is 11.2. The van der Waals surface area contributed by atoms with Crippen LogP contribution >= 0.6 is 0 Å². The molecule has 0 radical (unpaired) electrons. The molecule has 1 N–H and O–H groups in total. The Morgan fingerprint density at radius 2 is 1.63 bits per heavy atom. The average Bonchev–Trinajstić information content (AvgIpc) is 3.37. The Balaban J connectivity index is 1.39. The highest BCUT2D eigenvalue weighted by Crippen LogP contribution is 2.13. The van der Waals surface area contributed by atoms with Crippen molar-refractivity contribution in [2.75, 3.05) is 0 Å². The normalized spacial score (nSPS) is 11.2. The van der Waals surface area contributed by atoms with Gasteiger partial charge in [0.25, 0.3) is 5.56 Å². The third-order valence-electron chi connectivity index (χ3n) is 5.57. The zero-order valence-corrected chi connectivity index (χ0v) is 18.9. The fourth-order valence-corrected chi connectivity index (χ4v) is 3.82. The van der Waals surface area contributed by atoms with Crippen LogP contribution in [-0.2, 0) is 17.9 Å². The molecular formula is C28H23N5O2. The molecular weight excluding hydrogens is 438 g/mol. The van der Waals surface area contributed by atoms with Crippen LogP contribution in [0.4, 0.5) is 0 Å². The second kappa shape index (κ2) is 10.0. The fraction of sp³-hybridized carbons (Fsp3) is 0.0714. The molecule has 7 nitrogen and oxygen atoms in total. The van der Waals surface area contributed by atoms with E-state index in [0.717, 1.165) is 16.8 Å². The number of benzene rings is 3. The molecule has 5 rings (SSSR count). The molecule has 3 aromatic carbocycles. The first-order valence-corrected chi connectivity index (χ1v) is 11.2. The Kier molecular flexibility index (Phi) is 6.30. The zero-order chi connectivity index (χ0) is 24.0. The number of rotatable bonds is 7. The number of aromatic amines is 1. The van der Waals surface area contributed by atoms with E-state index in [-0.39, 0.29) is 18.0 Å². The van der Waals surface area contributed by atoms with Gasteiger partial charge in [0.05, 0.1) is 29.3 Å². The molecule has 172 valence electrons. The van der Waals surface area contributed by atoms with Gasteiger partial charge in [-0.25, -0.2) is 9.67 Å². The summed E-state index contributed by atoms with van der Waals surface area (Å²) in [6, 6.07) is 26.7. The van der Waals surface area contributed by atoms with Gasteiger partial charge in [0.15, 0.2) is 0 Å². The Bertz CT molecular complexity index is 1540. The molecule has 7 heteroatoms. The van der Waals surface area contributed by atoms with Gasteiger partial charge in [-0.1, -0.05) is 60.7 Å². The third kappa shape index (κ3) is 5.25. The summed E-state index contributed by atoms with van der Waals surface area (Å²) < 4.78 is 1.76. The summed E-state index contributed by atoms with van der Waals surface area (Å²) in [5, 5.41) is 4.90. The van der Waals surface area contributed by atoms with Crippen molar-refractivity contribution in [3.05, 3.63) is 131 Å². The first-order chi connectivity index (χ1) is 17.2. The van der Waals surface area contributed by atoms with Crippen LogP contribution in [-0.4, -0.2) is 30.6 Å². The molecule has 0 saturated carbocycles. The van der Waals surface area contributed by atoms with Crippen LogP contribution in [0.5, 0.6) is 0 Å². The number of carbonyl (C=O) groups is 1. The maximum atomic E-state index is 13.2. The van der Waals surface area contributed by atoms with Gasteiger partial charge in [-0.05, 0) is 35.9 Å².